The van der Waals surface area contributed by atoms with Gasteiger partial charge >= 0.3 is 0 Å². The lowest BCUT2D eigenvalue weighted by Gasteiger charge is -2.34. The predicted octanol–water partition coefficient (Wildman–Crippen LogP) is 2.98. The maximum atomic E-state index is 13.1. The van der Waals surface area contributed by atoms with Crippen molar-refractivity contribution in [1.82, 2.24) is 5.01 Å². The summed E-state index contributed by atoms with van der Waals surface area (Å²) in [4.78, 5) is 2.36. The van der Waals surface area contributed by atoms with Crippen molar-refractivity contribution < 1.29 is 4.39 Å². The van der Waals surface area contributed by atoms with E-state index in [0.29, 0.717) is 0 Å². The highest BCUT2D eigenvalue weighted by molar-refractivity contribution is 5.79. The van der Waals surface area contributed by atoms with Crippen molar-refractivity contribution in [3.8, 4) is 0 Å². The summed E-state index contributed by atoms with van der Waals surface area (Å²) in [6, 6.07) is 16.9. The molecule has 1 aliphatic heterocycles. The first kappa shape index (κ1) is 13.6. The molecule has 108 valence electrons. The van der Waals surface area contributed by atoms with Crippen molar-refractivity contribution >= 4 is 11.9 Å². The van der Waals surface area contributed by atoms with Crippen molar-refractivity contribution in [1.29, 1.82) is 0 Å². The molecule has 0 saturated carbocycles. The summed E-state index contributed by atoms with van der Waals surface area (Å²) < 4.78 is 13.1. The van der Waals surface area contributed by atoms with Crippen molar-refractivity contribution in [2.75, 3.05) is 31.1 Å². The summed E-state index contributed by atoms with van der Waals surface area (Å²) in [5.74, 6) is -0.229. The molecule has 1 saturated heterocycles. The SMILES string of the molecule is Fc1cccc(/C=N\N2CCN(c3ccccc3)CC2)c1. The van der Waals surface area contributed by atoms with Gasteiger partial charge in [-0.1, -0.05) is 30.3 Å². The predicted molar refractivity (Wildman–Crippen MR) is 84.2 cm³/mol. The quantitative estimate of drug-likeness (QED) is 0.806. The van der Waals surface area contributed by atoms with E-state index in [-0.39, 0.29) is 5.82 Å². The molecular weight excluding hydrogens is 265 g/mol. The Balaban J connectivity index is 1.56. The molecule has 3 nitrogen and oxygen atoms in total. The minimum atomic E-state index is -0.229. The van der Waals surface area contributed by atoms with E-state index in [1.54, 1.807) is 12.3 Å². The molecule has 3 rings (SSSR count). The lowest BCUT2D eigenvalue weighted by atomic mass is 10.2. The lowest BCUT2D eigenvalue weighted by Crippen LogP contribution is -2.44. The largest absolute Gasteiger partial charge is 0.368 e. The van der Waals surface area contributed by atoms with Gasteiger partial charge in [0.25, 0.3) is 0 Å². The fourth-order valence-electron chi connectivity index (χ4n) is 2.44. The first-order valence-electron chi connectivity index (χ1n) is 7.16. The number of hydrazone groups is 1. The molecule has 2 aromatic rings. The first-order chi connectivity index (χ1) is 10.3. The number of rotatable bonds is 3. The summed E-state index contributed by atoms with van der Waals surface area (Å²) in [7, 11) is 0. The molecule has 1 heterocycles. The molecule has 2 aromatic carbocycles. The van der Waals surface area contributed by atoms with E-state index in [1.807, 2.05) is 17.1 Å². The highest BCUT2D eigenvalue weighted by Gasteiger charge is 2.15. The molecule has 0 atom stereocenters. The second-order valence-electron chi connectivity index (χ2n) is 5.08. The monoisotopic (exact) mass is 283 g/mol. The molecule has 21 heavy (non-hydrogen) atoms. The van der Waals surface area contributed by atoms with Crippen LogP contribution in [0.2, 0.25) is 0 Å². The number of piperazine rings is 1. The molecule has 0 amide bonds. The fraction of sp³-hybridized carbons (Fsp3) is 0.235. The fourth-order valence-corrected chi connectivity index (χ4v) is 2.44. The van der Waals surface area contributed by atoms with Crippen LogP contribution in [-0.2, 0) is 0 Å². The van der Waals surface area contributed by atoms with Gasteiger partial charge in [-0.15, -0.1) is 0 Å². The molecule has 0 spiro atoms. The minimum absolute atomic E-state index is 0.229. The Morgan fingerprint density at radius 1 is 0.905 bits per heavy atom. The van der Waals surface area contributed by atoms with E-state index >= 15 is 0 Å². The second kappa shape index (κ2) is 6.39. The molecule has 1 fully saturated rings. The van der Waals surface area contributed by atoms with Gasteiger partial charge in [0, 0.05) is 18.8 Å². The van der Waals surface area contributed by atoms with Crippen molar-refractivity contribution in [2.45, 2.75) is 0 Å². The number of nitrogens with zero attached hydrogens (tertiary/aromatic N) is 3. The molecule has 0 aliphatic carbocycles. The molecule has 0 unspecified atom stereocenters. The van der Waals surface area contributed by atoms with Crippen LogP contribution in [-0.4, -0.2) is 37.4 Å². The molecule has 0 N–H and O–H groups in total. The Morgan fingerprint density at radius 2 is 1.67 bits per heavy atom. The normalized spacial score (nSPS) is 15.7. The summed E-state index contributed by atoms with van der Waals surface area (Å²) in [5, 5.41) is 6.47. The van der Waals surface area contributed by atoms with Crippen LogP contribution in [0.15, 0.2) is 59.7 Å². The maximum absolute atomic E-state index is 13.1. The summed E-state index contributed by atoms with van der Waals surface area (Å²) >= 11 is 0. The smallest absolute Gasteiger partial charge is 0.123 e. The number of hydrogen-bond acceptors (Lipinski definition) is 3. The summed E-state index contributed by atoms with van der Waals surface area (Å²) in [6.07, 6.45) is 1.72. The van der Waals surface area contributed by atoms with Gasteiger partial charge in [-0.2, -0.15) is 5.10 Å². The van der Waals surface area contributed by atoms with Crippen LogP contribution < -0.4 is 4.90 Å². The third-order valence-electron chi connectivity index (χ3n) is 3.60. The zero-order chi connectivity index (χ0) is 14.5. The van der Waals surface area contributed by atoms with Gasteiger partial charge in [0.1, 0.15) is 5.82 Å². The Hall–Kier alpha value is -2.36. The minimum Gasteiger partial charge on any atom is -0.368 e. The Morgan fingerprint density at radius 3 is 2.38 bits per heavy atom. The van der Waals surface area contributed by atoms with Crippen LogP contribution in [0.5, 0.6) is 0 Å². The van der Waals surface area contributed by atoms with E-state index in [9.17, 15) is 4.39 Å². The summed E-state index contributed by atoms with van der Waals surface area (Å²) in [5.41, 5.74) is 2.05. The standard InChI is InChI=1S/C17H18FN3/c18-16-6-4-5-15(13-16)14-19-21-11-9-20(10-12-21)17-7-2-1-3-8-17/h1-8,13-14H,9-12H2/b19-14-. The number of anilines is 1. The molecule has 0 radical (unpaired) electrons. The van der Waals surface area contributed by atoms with E-state index in [1.165, 1.54) is 17.8 Å². The van der Waals surface area contributed by atoms with Crippen molar-refractivity contribution in [3.63, 3.8) is 0 Å². The van der Waals surface area contributed by atoms with Gasteiger partial charge in [0.2, 0.25) is 0 Å². The van der Waals surface area contributed by atoms with Crippen LogP contribution in [0.25, 0.3) is 0 Å². The number of benzene rings is 2. The van der Waals surface area contributed by atoms with Gasteiger partial charge < -0.3 is 4.90 Å². The van der Waals surface area contributed by atoms with E-state index < -0.39 is 0 Å². The summed E-state index contributed by atoms with van der Waals surface area (Å²) in [6.45, 7) is 3.65. The third kappa shape index (κ3) is 3.60. The van der Waals surface area contributed by atoms with Crippen LogP contribution in [0.3, 0.4) is 0 Å². The molecule has 4 heteroatoms. The highest BCUT2D eigenvalue weighted by Crippen LogP contribution is 2.15. The second-order valence-corrected chi connectivity index (χ2v) is 5.08. The van der Waals surface area contributed by atoms with E-state index in [0.717, 1.165) is 31.7 Å². The number of para-hydroxylation sites is 1. The highest BCUT2D eigenvalue weighted by atomic mass is 19.1. The topological polar surface area (TPSA) is 18.8 Å². The van der Waals surface area contributed by atoms with Gasteiger partial charge in [-0.3, -0.25) is 5.01 Å². The van der Waals surface area contributed by atoms with Crippen LogP contribution in [0.1, 0.15) is 5.56 Å². The van der Waals surface area contributed by atoms with Gasteiger partial charge in [0.05, 0.1) is 19.3 Å². The van der Waals surface area contributed by atoms with Crippen LogP contribution >= 0.6 is 0 Å². The first-order valence-corrected chi connectivity index (χ1v) is 7.16. The Bertz CT molecular complexity index is 604. The number of hydrogen-bond donors (Lipinski definition) is 0. The van der Waals surface area contributed by atoms with Gasteiger partial charge in [0.15, 0.2) is 0 Å². The van der Waals surface area contributed by atoms with Gasteiger partial charge in [-0.05, 0) is 29.8 Å². The molecule has 0 aromatic heterocycles. The average molecular weight is 283 g/mol. The maximum Gasteiger partial charge on any atom is 0.123 e. The van der Waals surface area contributed by atoms with Gasteiger partial charge in [-0.25, -0.2) is 4.39 Å². The van der Waals surface area contributed by atoms with Crippen LogP contribution in [0.4, 0.5) is 10.1 Å². The number of halogens is 1. The zero-order valence-electron chi connectivity index (χ0n) is 11.8. The van der Waals surface area contributed by atoms with Crippen LogP contribution in [0, 0.1) is 5.82 Å². The zero-order valence-corrected chi connectivity index (χ0v) is 11.8. The average Bonchev–Trinajstić information content (AvgIpc) is 2.54. The lowest BCUT2D eigenvalue weighted by molar-refractivity contribution is 0.272. The third-order valence-corrected chi connectivity index (χ3v) is 3.60. The molecule has 0 bridgehead atoms. The Labute approximate surface area is 124 Å². The molecule has 1 aliphatic rings. The van der Waals surface area contributed by atoms with E-state index in [4.69, 9.17) is 0 Å². The van der Waals surface area contributed by atoms with E-state index in [2.05, 4.69) is 34.3 Å². The molecular formula is C17H18FN3. The van der Waals surface area contributed by atoms with Crippen molar-refractivity contribution in [3.05, 3.63) is 66.0 Å². The Kier molecular flexibility index (Phi) is 4.15. The van der Waals surface area contributed by atoms with Crippen molar-refractivity contribution in [2.24, 2.45) is 5.10 Å².